The minimum Gasteiger partial charge on any atom is -0.467 e. The monoisotopic (exact) mass is 350 g/mol. The number of thiocarbonyl (C=S) groups is 1. The quantitative estimate of drug-likeness (QED) is 0.831. The van der Waals surface area contributed by atoms with Crippen LogP contribution in [0.25, 0.3) is 0 Å². The van der Waals surface area contributed by atoms with Crippen LogP contribution >= 0.6 is 28.1 Å². The van der Waals surface area contributed by atoms with Crippen LogP contribution < -0.4 is 10.6 Å². The molecule has 1 fully saturated rings. The molecule has 0 bridgehead atoms. The third kappa shape index (κ3) is 2.88. The van der Waals surface area contributed by atoms with Gasteiger partial charge in [-0.25, -0.2) is 0 Å². The zero-order chi connectivity index (χ0) is 14.1. The topological polar surface area (TPSA) is 42.4 Å². The van der Waals surface area contributed by atoms with E-state index in [0.717, 1.165) is 28.0 Å². The lowest BCUT2D eigenvalue weighted by atomic mass is 10.1. The molecule has 0 radical (unpaired) electrons. The zero-order valence-corrected chi connectivity index (χ0v) is 13.3. The molecular formula is C15H15BrN2OS. The molecule has 3 nitrogen and oxygen atoms in total. The summed E-state index contributed by atoms with van der Waals surface area (Å²) >= 11 is 8.66. The Kier molecular flexibility index (Phi) is 3.81. The number of hydrogen-bond donors (Lipinski definition) is 1. The Morgan fingerprint density at radius 2 is 2.20 bits per heavy atom. The normalized spacial score (nSPS) is 14.2. The van der Waals surface area contributed by atoms with E-state index in [0.29, 0.717) is 11.0 Å². The molecule has 2 N–H and O–H groups in total. The van der Waals surface area contributed by atoms with Crippen LogP contribution in [0.4, 0.5) is 5.69 Å². The lowest BCUT2D eigenvalue weighted by Crippen LogP contribution is -2.27. The Morgan fingerprint density at radius 3 is 2.80 bits per heavy atom. The fourth-order valence-electron chi connectivity index (χ4n) is 2.32. The molecule has 1 aliphatic carbocycles. The van der Waals surface area contributed by atoms with Gasteiger partial charge >= 0.3 is 0 Å². The van der Waals surface area contributed by atoms with Crippen molar-refractivity contribution >= 4 is 38.8 Å². The van der Waals surface area contributed by atoms with Crippen LogP contribution in [-0.4, -0.2) is 11.0 Å². The predicted molar refractivity (Wildman–Crippen MR) is 87.9 cm³/mol. The second-order valence-corrected chi connectivity index (χ2v) is 6.32. The largest absolute Gasteiger partial charge is 0.467 e. The Morgan fingerprint density at radius 1 is 1.40 bits per heavy atom. The number of hydrogen-bond acceptors (Lipinski definition) is 3. The van der Waals surface area contributed by atoms with Crippen molar-refractivity contribution in [1.82, 2.24) is 0 Å². The SMILES string of the molecule is NC(=S)c1cc(Br)ccc1N(Cc1ccco1)C1CC1. The van der Waals surface area contributed by atoms with Gasteiger partial charge in [0.2, 0.25) is 0 Å². The maximum Gasteiger partial charge on any atom is 0.123 e. The first-order valence-corrected chi connectivity index (χ1v) is 7.73. The van der Waals surface area contributed by atoms with Crippen molar-refractivity contribution in [1.29, 1.82) is 0 Å². The van der Waals surface area contributed by atoms with Crippen LogP contribution in [0.1, 0.15) is 24.2 Å². The van der Waals surface area contributed by atoms with Gasteiger partial charge in [-0.1, -0.05) is 28.1 Å². The summed E-state index contributed by atoms with van der Waals surface area (Å²) in [6.07, 6.45) is 4.11. The number of nitrogens with zero attached hydrogens (tertiary/aromatic N) is 1. The van der Waals surface area contributed by atoms with Crippen LogP contribution in [0.5, 0.6) is 0 Å². The van der Waals surface area contributed by atoms with Crippen molar-refractivity contribution in [3.63, 3.8) is 0 Å². The fourth-order valence-corrected chi connectivity index (χ4v) is 2.85. The molecule has 0 saturated heterocycles. The van der Waals surface area contributed by atoms with Gasteiger partial charge < -0.3 is 15.1 Å². The minimum absolute atomic E-state index is 0.423. The maximum absolute atomic E-state index is 5.88. The highest BCUT2D eigenvalue weighted by molar-refractivity contribution is 9.10. The van der Waals surface area contributed by atoms with E-state index in [2.05, 4.69) is 26.9 Å². The average molecular weight is 351 g/mol. The zero-order valence-electron chi connectivity index (χ0n) is 10.9. The molecule has 3 rings (SSSR count). The van der Waals surface area contributed by atoms with Crippen molar-refractivity contribution in [2.24, 2.45) is 5.73 Å². The first kappa shape index (κ1) is 13.6. The van der Waals surface area contributed by atoms with Crippen LogP contribution in [0.2, 0.25) is 0 Å². The van der Waals surface area contributed by atoms with E-state index in [4.69, 9.17) is 22.4 Å². The number of halogens is 1. The molecule has 1 aromatic heterocycles. The van der Waals surface area contributed by atoms with E-state index >= 15 is 0 Å². The molecule has 5 heteroatoms. The van der Waals surface area contributed by atoms with E-state index in [-0.39, 0.29) is 0 Å². The Labute approximate surface area is 131 Å². The summed E-state index contributed by atoms with van der Waals surface area (Å²) in [5.41, 5.74) is 7.87. The summed E-state index contributed by atoms with van der Waals surface area (Å²) in [5, 5.41) is 0. The Hall–Kier alpha value is -1.33. The standard InChI is InChI=1S/C15H15BrN2OS/c16-10-3-6-14(13(8-10)15(17)20)18(11-4-5-11)9-12-2-1-7-19-12/h1-3,6-8,11H,4-5,9H2,(H2,17,20). The lowest BCUT2D eigenvalue weighted by Gasteiger charge is -2.26. The highest BCUT2D eigenvalue weighted by Gasteiger charge is 2.31. The van der Waals surface area contributed by atoms with Gasteiger partial charge in [0.1, 0.15) is 10.7 Å². The van der Waals surface area contributed by atoms with Crippen LogP contribution in [-0.2, 0) is 6.54 Å². The van der Waals surface area contributed by atoms with Gasteiger partial charge in [0.05, 0.1) is 12.8 Å². The molecule has 104 valence electrons. The number of anilines is 1. The van der Waals surface area contributed by atoms with E-state index in [1.807, 2.05) is 24.3 Å². The van der Waals surface area contributed by atoms with E-state index < -0.39 is 0 Å². The number of furan rings is 1. The summed E-state index contributed by atoms with van der Waals surface area (Å²) in [6.45, 7) is 0.745. The fraction of sp³-hybridized carbons (Fsp3) is 0.267. The molecular weight excluding hydrogens is 336 g/mol. The minimum atomic E-state index is 0.423. The van der Waals surface area contributed by atoms with Gasteiger partial charge in [-0.15, -0.1) is 0 Å². The summed E-state index contributed by atoms with van der Waals surface area (Å²) in [7, 11) is 0. The van der Waals surface area contributed by atoms with Gasteiger partial charge in [-0.3, -0.25) is 0 Å². The van der Waals surface area contributed by atoms with Gasteiger partial charge in [-0.05, 0) is 43.2 Å². The third-order valence-corrected chi connectivity index (χ3v) is 4.14. The highest BCUT2D eigenvalue weighted by atomic mass is 79.9. The maximum atomic E-state index is 5.88. The van der Waals surface area contributed by atoms with E-state index in [9.17, 15) is 0 Å². The molecule has 20 heavy (non-hydrogen) atoms. The summed E-state index contributed by atoms with van der Waals surface area (Å²) in [5.74, 6) is 0.953. The van der Waals surface area contributed by atoms with E-state index in [1.165, 1.54) is 12.8 Å². The van der Waals surface area contributed by atoms with Crippen molar-refractivity contribution in [2.45, 2.75) is 25.4 Å². The molecule has 1 aromatic carbocycles. The molecule has 0 unspecified atom stereocenters. The van der Waals surface area contributed by atoms with Crippen LogP contribution in [0.3, 0.4) is 0 Å². The average Bonchev–Trinajstić information content (AvgIpc) is 3.13. The van der Waals surface area contributed by atoms with Gasteiger partial charge in [0.25, 0.3) is 0 Å². The van der Waals surface area contributed by atoms with Crippen molar-refractivity contribution in [3.05, 3.63) is 52.4 Å². The molecule has 0 aliphatic heterocycles. The Bertz CT molecular complexity index is 623. The van der Waals surface area contributed by atoms with Gasteiger partial charge in [0.15, 0.2) is 0 Å². The molecule has 1 heterocycles. The number of nitrogens with two attached hydrogens (primary N) is 1. The second kappa shape index (κ2) is 5.58. The van der Waals surface area contributed by atoms with Crippen molar-refractivity contribution < 1.29 is 4.42 Å². The number of rotatable bonds is 5. The summed E-state index contributed by atoms with van der Waals surface area (Å²) in [4.78, 5) is 2.76. The summed E-state index contributed by atoms with van der Waals surface area (Å²) < 4.78 is 6.46. The first-order chi connectivity index (χ1) is 9.65. The molecule has 0 atom stereocenters. The lowest BCUT2D eigenvalue weighted by molar-refractivity contribution is 0.501. The molecule has 1 saturated carbocycles. The van der Waals surface area contributed by atoms with Gasteiger partial charge in [0, 0.05) is 21.8 Å². The predicted octanol–water partition coefficient (Wildman–Crippen LogP) is 3.85. The van der Waals surface area contributed by atoms with Crippen LogP contribution in [0, 0.1) is 0 Å². The summed E-state index contributed by atoms with van der Waals surface area (Å²) in [6, 6.07) is 10.5. The molecule has 1 aliphatic rings. The van der Waals surface area contributed by atoms with Gasteiger partial charge in [-0.2, -0.15) is 0 Å². The Balaban J connectivity index is 1.97. The molecule has 0 spiro atoms. The van der Waals surface area contributed by atoms with Crippen LogP contribution in [0.15, 0.2) is 45.5 Å². The van der Waals surface area contributed by atoms with E-state index in [1.54, 1.807) is 6.26 Å². The second-order valence-electron chi connectivity index (χ2n) is 4.96. The van der Waals surface area contributed by atoms with Crippen molar-refractivity contribution in [3.8, 4) is 0 Å². The highest BCUT2D eigenvalue weighted by Crippen LogP contribution is 2.36. The van der Waals surface area contributed by atoms with Crippen molar-refractivity contribution in [2.75, 3.05) is 4.90 Å². The third-order valence-electron chi connectivity index (χ3n) is 3.43. The molecule has 2 aromatic rings. The smallest absolute Gasteiger partial charge is 0.123 e. The first-order valence-electron chi connectivity index (χ1n) is 6.53. The molecule has 0 amide bonds. The number of benzene rings is 1.